The van der Waals surface area contributed by atoms with Crippen LogP contribution in [0.15, 0.2) is 41.0 Å². The van der Waals surface area contributed by atoms with Gasteiger partial charge in [-0.05, 0) is 45.1 Å². The van der Waals surface area contributed by atoms with E-state index in [2.05, 4.69) is 10.2 Å². The summed E-state index contributed by atoms with van der Waals surface area (Å²) in [5.74, 6) is 0.429. The van der Waals surface area contributed by atoms with E-state index < -0.39 is 4.92 Å². The van der Waals surface area contributed by atoms with Crippen LogP contribution in [0, 0.1) is 10.1 Å². The van der Waals surface area contributed by atoms with Gasteiger partial charge in [-0.2, -0.15) is 0 Å². The van der Waals surface area contributed by atoms with Gasteiger partial charge in [-0.15, -0.1) is 0 Å². The third-order valence-corrected chi connectivity index (χ3v) is 4.83. The van der Waals surface area contributed by atoms with Crippen LogP contribution in [0.1, 0.15) is 35.0 Å². The molecular formula is C19H24N4O4. The highest BCUT2D eigenvalue weighted by Crippen LogP contribution is 2.28. The summed E-state index contributed by atoms with van der Waals surface area (Å²) in [6.07, 6.45) is 3.71. The lowest BCUT2D eigenvalue weighted by Crippen LogP contribution is -2.35. The van der Waals surface area contributed by atoms with Crippen molar-refractivity contribution in [3.63, 3.8) is 0 Å². The topological polar surface area (TPSA) is 91.9 Å². The van der Waals surface area contributed by atoms with E-state index >= 15 is 0 Å². The molecule has 27 heavy (non-hydrogen) atoms. The van der Waals surface area contributed by atoms with Gasteiger partial charge in [-0.25, -0.2) is 0 Å². The maximum Gasteiger partial charge on any atom is 0.270 e. The third-order valence-electron chi connectivity index (χ3n) is 4.83. The fraction of sp³-hybridized carbons (Fsp3) is 0.421. The number of rotatable bonds is 7. The fourth-order valence-corrected chi connectivity index (χ4v) is 3.36. The molecule has 1 aliphatic heterocycles. The molecule has 8 nitrogen and oxygen atoms in total. The Balaban J connectivity index is 1.81. The summed E-state index contributed by atoms with van der Waals surface area (Å²) in [4.78, 5) is 27.6. The van der Waals surface area contributed by atoms with E-state index in [9.17, 15) is 14.9 Å². The summed E-state index contributed by atoms with van der Waals surface area (Å²) < 4.78 is 5.46. The molecular weight excluding hydrogens is 348 g/mol. The number of hydrogen-bond acceptors (Lipinski definition) is 6. The Hall–Kier alpha value is -2.87. The molecule has 1 N–H and O–H groups in total. The maximum atomic E-state index is 12.9. The largest absolute Gasteiger partial charge is 0.468 e. The molecule has 1 fully saturated rings. The molecule has 2 heterocycles. The van der Waals surface area contributed by atoms with Gasteiger partial charge in [0.15, 0.2) is 0 Å². The van der Waals surface area contributed by atoms with E-state index in [4.69, 9.17) is 4.42 Å². The van der Waals surface area contributed by atoms with Crippen molar-refractivity contribution in [2.45, 2.75) is 18.9 Å². The second-order valence-electron chi connectivity index (χ2n) is 6.86. The Morgan fingerprint density at radius 3 is 2.67 bits per heavy atom. The van der Waals surface area contributed by atoms with Crippen LogP contribution < -0.4 is 10.2 Å². The zero-order valence-corrected chi connectivity index (χ0v) is 15.6. The van der Waals surface area contributed by atoms with Crippen LogP contribution in [0.3, 0.4) is 0 Å². The number of nitrogens with one attached hydrogen (secondary N) is 1. The van der Waals surface area contributed by atoms with E-state index in [1.165, 1.54) is 12.1 Å². The SMILES string of the molecule is CN(C)C(CNC(=O)c1cc([N+](=O)[O-])ccc1N1CCCC1)c1ccco1. The first-order chi connectivity index (χ1) is 13.0. The van der Waals surface area contributed by atoms with Crippen LogP contribution in [0.5, 0.6) is 0 Å². The number of nitro benzene ring substituents is 1. The number of amides is 1. The predicted molar refractivity (Wildman–Crippen MR) is 102 cm³/mol. The molecule has 3 rings (SSSR count). The van der Waals surface area contributed by atoms with E-state index in [1.54, 1.807) is 18.4 Å². The number of carbonyl (C=O) groups is 1. The summed E-state index contributed by atoms with van der Waals surface area (Å²) >= 11 is 0. The van der Waals surface area contributed by atoms with E-state index in [-0.39, 0.29) is 17.6 Å². The Kier molecular flexibility index (Phi) is 5.75. The number of likely N-dealkylation sites (N-methyl/N-ethyl adjacent to an activating group) is 1. The number of anilines is 1. The minimum Gasteiger partial charge on any atom is -0.468 e. The minimum atomic E-state index is -0.476. The zero-order valence-electron chi connectivity index (χ0n) is 15.6. The molecule has 0 saturated carbocycles. The molecule has 1 aromatic heterocycles. The van der Waals surface area contributed by atoms with Crippen molar-refractivity contribution < 1.29 is 14.1 Å². The highest BCUT2D eigenvalue weighted by atomic mass is 16.6. The lowest BCUT2D eigenvalue weighted by Gasteiger charge is -2.24. The first-order valence-electron chi connectivity index (χ1n) is 8.99. The number of carbonyl (C=O) groups excluding carboxylic acids is 1. The summed E-state index contributed by atoms with van der Waals surface area (Å²) in [7, 11) is 3.81. The van der Waals surface area contributed by atoms with Crippen molar-refractivity contribution in [1.82, 2.24) is 10.2 Å². The van der Waals surface area contributed by atoms with Crippen molar-refractivity contribution in [1.29, 1.82) is 0 Å². The van der Waals surface area contributed by atoms with Gasteiger partial charge < -0.3 is 14.6 Å². The predicted octanol–water partition coefficient (Wildman–Crippen LogP) is 2.82. The Labute approximate surface area is 157 Å². The van der Waals surface area contributed by atoms with Gasteiger partial charge >= 0.3 is 0 Å². The standard InChI is InChI=1S/C19H24N4O4/c1-21(2)17(18-6-5-11-27-18)13-20-19(24)15-12-14(23(25)26)7-8-16(15)22-9-3-4-10-22/h5-8,11-12,17H,3-4,9-10,13H2,1-2H3,(H,20,24). The summed E-state index contributed by atoms with van der Waals surface area (Å²) in [5, 5.41) is 14.1. The first kappa shape index (κ1) is 18.9. The number of hydrogen-bond donors (Lipinski definition) is 1. The van der Waals surface area contributed by atoms with Gasteiger partial charge in [0.2, 0.25) is 0 Å². The quantitative estimate of drug-likeness (QED) is 0.593. The lowest BCUT2D eigenvalue weighted by molar-refractivity contribution is -0.384. The van der Waals surface area contributed by atoms with Crippen molar-refractivity contribution in [2.75, 3.05) is 38.6 Å². The van der Waals surface area contributed by atoms with E-state index in [0.29, 0.717) is 12.1 Å². The van der Waals surface area contributed by atoms with E-state index in [1.807, 2.05) is 25.1 Å². The van der Waals surface area contributed by atoms with Crippen LogP contribution in [-0.2, 0) is 0 Å². The number of nitro groups is 1. The van der Waals surface area contributed by atoms with Crippen molar-refractivity contribution >= 4 is 17.3 Å². The molecule has 2 aromatic rings. The first-order valence-corrected chi connectivity index (χ1v) is 8.99. The third kappa shape index (κ3) is 4.28. The number of non-ortho nitro benzene ring substituents is 1. The van der Waals surface area contributed by atoms with Gasteiger partial charge in [0.05, 0.1) is 28.5 Å². The fourth-order valence-electron chi connectivity index (χ4n) is 3.36. The Morgan fingerprint density at radius 2 is 2.07 bits per heavy atom. The lowest BCUT2D eigenvalue weighted by atomic mass is 10.1. The summed E-state index contributed by atoms with van der Waals surface area (Å²) in [6, 6.07) is 8.03. The number of furan rings is 1. The number of benzene rings is 1. The molecule has 1 aliphatic rings. The molecule has 0 aliphatic carbocycles. The molecule has 0 radical (unpaired) electrons. The Bertz CT molecular complexity index is 798. The normalized spacial score (nSPS) is 15.1. The molecule has 1 unspecified atom stereocenters. The van der Waals surface area contributed by atoms with Gasteiger partial charge in [-0.3, -0.25) is 19.8 Å². The van der Waals surface area contributed by atoms with Crippen molar-refractivity contribution in [2.24, 2.45) is 0 Å². The second-order valence-corrected chi connectivity index (χ2v) is 6.86. The van der Waals surface area contributed by atoms with Crippen LogP contribution in [0.4, 0.5) is 11.4 Å². The van der Waals surface area contributed by atoms with E-state index in [0.717, 1.165) is 37.4 Å². The summed E-state index contributed by atoms with van der Waals surface area (Å²) in [6.45, 7) is 2.04. The average Bonchev–Trinajstić information content (AvgIpc) is 3.35. The van der Waals surface area contributed by atoms with Gasteiger partial charge in [0.25, 0.3) is 11.6 Å². The molecule has 1 amide bonds. The van der Waals surface area contributed by atoms with Gasteiger partial charge in [0, 0.05) is 31.8 Å². The highest BCUT2D eigenvalue weighted by Gasteiger charge is 2.24. The highest BCUT2D eigenvalue weighted by molar-refractivity contribution is 6.00. The minimum absolute atomic E-state index is 0.0849. The molecule has 0 bridgehead atoms. The van der Waals surface area contributed by atoms with Crippen LogP contribution in [-0.4, -0.2) is 49.5 Å². The number of nitrogens with zero attached hydrogens (tertiary/aromatic N) is 3. The monoisotopic (exact) mass is 372 g/mol. The molecule has 1 saturated heterocycles. The molecule has 1 aromatic carbocycles. The van der Waals surface area contributed by atoms with Crippen molar-refractivity contribution in [3.05, 3.63) is 58.0 Å². The Morgan fingerprint density at radius 1 is 1.33 bits per heavy atom. The van der Waals surface area contributed by atoms with Crippen LogP contribution in [0.2, 0.25) is 0 Å². The van der Waals surface area contributed by atoms with Crippen molar-refractivity contribution in [3.8, 4) is 0 Å². The molecule has 1 atom stereocenters. The second kappa shape index (κ2) is 8.22. The average molecular weight is 372 g/mol. The van der Waals surface area contributed by atoms with Gasteiger partial charge in [0.1, 0.15) is 5.76 Å². The van der Waals surface area contributed by atoms with Crippen LogP contribution >= 0.6 is 0 Å². The zero-order chi connectivity index (χ0) is 19.4. The molecule has 0 spiro atoms. The summed E-state index contributed by atoms with van der Waals surface area (Å²) in [5.41, 5.74) is 0.997. The molecule has 144 valence electrons. The smallest absolute Gasteiger partial charge is 0.270 e. The molecule has 8 heteroatoms. The van der Waals surface area contributed by atoms with Crippen LogP contribution in [0.25, 0.3) is 0 Å². The van der Waals surface area contributed by atoms with Gasteiger partial charge in [-0.1, -0.05) is 0 Å². The maximum absolute atomic E-state index is 12.9.